The number of nitrogens with one attached hydrogen (secondary N) is 3. The second-order valence-electron chi connectivity index (χ2n) is 15.4. The highest BCUT2D eigenvalue weighted by atomic mass is 32.2. The van der Waals surface area contributed by atoms with E-state index >= 15 is 0 Å². The predicted octanol–water partition coefficient (Wildman–Crippen LogP) is 9.29. The number of sulfonamides is 1. The number of aromatic amines is 1. The van der Waals surface area contributed by atoms with Crippen LogP contribution >= 0.6 is 0 Å². The summed E-state index contributed by atoms with van der Waals surface area (Å²) in [7, 11) is -4.57. The zero-order valence-corrected chi connectivity index (χ0v) is 34.4. The van der Waals surface area contributed by atoms with Crippen LogP contribution in [0.1, 0.15) is 47.6 Å². The second-order valence-corrected chi connectivity index (χ2v) is 17.1. The van der Waals surface area contributed by atoms with Crippen LogP contribution in [0.5, 0.6) is 11.5 Å². The van der Waals surface area contributed by atoms with E-state index < -0.39 is 31.4 Å². The van der Waals surface area contributed by atoms with Crippen molar-refractivity contribution in [3.63, 3.8) is 0 Å². The Bertz CT molecular complexity index is 2860. The molecule has 15 heteroatoms. The van der Waals surface area contributed by atoms with Gasteiger partial charge in [0.05, 0.1) is 27.6 Å². The van der Waals surface area contributed by atoms with E-state index in [1.165, 1.54) is 35.5 Å². The van der Waals surface area contributed by atoms with Gasteiger partial charge in [-0.3, -0.25) is 19.9 Å². The van der Waals surface area contributed by atoms with E-state index in [1.807, 2.05) is 42.7 Å². The molecule has 2 aliphatic heterocycles. The molecule has 2 fully saturated rings. The van der Waals surface area contributed by atoms with Crippen LogP contribution in [0.4, 0.5) is 17.1 Å². The smallest absolute Gasteiger partial charge is 0.293 e. The number of hydrogen-bond donors (Lipinski definition) is 3. The average Bonchev–Trinajstić information content (AvgIpc) is 3.99. The van der Waals surface area contributed by atoms with Gasteiger partial charge in [-0.2, -0.15) is 0 Å². The molecule has 2 aliphatic rings. The normalized spacial score (nSPS) is 15.7. The van der Waals surface area contributed by atoms with Gasteiger partial charge in [0.1, 0.15) is 22.8 Å². The molecule has 5 heterocycles. The van der Waals surface area contributed by atoms with Gasteiger partial charge in [-0.25, -0.2) is 18.1 Å². The van der Waals surface area contributed by atoms with Gasteiger partial charge in [-0.15, -0.1) is 0 Å². The number of nitro benzene ring substituents is 1. The number of aromatic nitrogens is 3. The molecule has 0 saturated carbocycles. The number of anilines is 2. The van der Waals surface area contributed by atoms with Gasteiger partial charge in [-0.1, -0.05) is 42.5 Å². The Balaban J connectivity index is 0.983. The van der Waals surface area contributed by atoms with Gasteiger partial charge >= 0.3 is 0 Å². The third-order valence-corrected chi connectivity index (χ3v) is 12.9. The van der Waals surface area contributed by atoms with Crippen molar-refractivity contribution in [2.75, 3.05) is 36.5 Å². The summed E-state index contributed by atoms with van der Waals surface area (Å²) in [6, 6.07) is 33.0. The number of carbonyl (C=O) groups is 1. The van der Waals surface area contributed by atoms with E-state index in [2.05, 4.69) is 66.3 Å². The van der Waals surface area contributed by atoms with Crippen molar-refractivity contribution in [3.05, 3.63) is 155 Å². The first-order valence-electron chi connectivity index (χ1n) is 20.5. The number of H-pyrrole nitrogens is 1. The van der Waals surface area contributed by atoms with Crippen molar-refractivity contribution >= 4 is 44.0 Å². The molecule has 7 aromatic rings. The zero-order chi connectivity index (χ0) is 42.6. The maximum absolute atomic E-state index is 13.9. The minimum atomic E-state index is -4.57. The van der Waals surface area contributed by atoms with E-state index in [1.54, 1.807) is 24.4 Å². The van der Waals surface area contributed by atoms with E-state index in [9.17, 15) is 23.3 Å². The highest BCUT2D eigenvalue weighted by molar-refractivity contribution is 7.90. The van der Waals surface area contributed by atoms with Crippen molar-refractivity contribution in [1.29, 1.82) is 0 Å². The largest absolute Gasteiger partial charge is 0.455 e. The molecular weight excluding hydrogens is 807 g/mol. The lowest BCUT2D eigenvalue weighted by Gasteiger charge is -2.29. The number of hydrogen-bond acceptors (Lipinski definition) is 11. The molecule has 9 rings (SSSR count). The summed E-state index contributed by atoms with van der Waals surface area (Å²) in [6.07, 6.45) is 10.6. The number of carbonyl (C=O) groups excluding carboxylic acids is 1. The number of rotatable bonds is 13. The summed E-state index contributed by atoms with van der Waals surface area (Å²) in [5.41, 5.74) is 6.57. The standard InChI is InChI=1S/C47H43N7O7S/c55-47(52-62(58,59)38-12-14-42(44(28-38)54(56)57)50-29-31-18-24-60-25-19-31)41-13-9-34(27-45(41)61-37-26-35-17-22-49-46(35)51-30-37)32-7-10-36(11-8-32)53-23-3-6-43(53)40-5-2-1-4-39(40)33-15-20-48-21-16-33/h1-2,4-5,7-17,20-22,26-28,30-31,43,50H,3,6,18-19,23-25,29H2,(H,49,51)(H,52,55)/t43-/m1/s1. The number of ether oxygens (including phenoxy) is 2. The predicted molar refractivity (Wildman–Crippen MR) is 237 cm³/mol. The molecule has 0 spiro atoms. The van der Waals surface area contributed by atoms with E-state index in [-0.39, 0.29) is 29.0 Å². The summed E-state index contributed by atoms with van der Waals surface area (Å²) in [5.74, 6) is -0.298. The minimum absolute atomic E-state index is 0.0693. The maximum atomic E-state index is 13.9. The molecule has 0 aliphatic carbocycles. The van der Waals surface area contributed by atoms with E-state index in [0.29, 0.717) is 31.2 Å². The van der Waals surface area contributed by atoms with Crippen molar-refractivity contribution in [2.45, 2.75) is 36.6 Å². The molecule has 0 bridgehead atoms. The van der Waals surface area contributed by atoms with Gasteiger partial charge in [0, 0.05) is 62.0 Å². The van der Waals surface area contributed by atoms with E-state index in [0.717, 1.165) is 66.1 Å². The summed E-state index contributed by atoms with van der Waals surface area (Å²) < 4.78 is 41.2. The number of benzene rings is 4. The lowest BCUT2D eigenvalue weighted by Crippen LogP contribution is -2.31. The summed E-state index contributed by atoms with van der Waals surface area (Å²) in [5, 5.41) is 16.0. The molecular formula is C47H43N7O7S. The molecule has 1 amide bonds. The van der Waals surface area contributed by atoms with Gasteiger partial charge in [0.2, 0.25) is 0 Å². The molecule has 3 N–H and O–H groups in total. The number of amides is 1. The summed E-state index contributed by atoms with van der Waals surface area (Å²) in [6.45, 7) is 2.63. The van der Waals surface area contributed by atoms with Crippen LogP contribution in [-0.2, 0) is 14.8 Å². The Morgan fingerprint density at radius 3 is 2.50 bits per heavy atom. The van der Waals surface area contributed by atoms with Crippen molar-refractivity contribution in [3.8, 4) is 33.8 Å². The molecule has 0 radical (unpaired) electrons. The van der Waals surface area contributed by atoms with Gasteiger partial charge < -0.3 is 24.7 Å². The SMILES string of the molecule is O=C(NS(=O)(=O)c1ccc(NCC2CCOCC2)c([N+](=O)[O-])c1)c1ccc(-c2ccc(N3CCC[C@@H]3c3ccccc3-c3ccncc3)cc2)cc1Oc1cnc2[nH]ccc2c1. The van der Waals surface area contributed by atoms with Crippen LogP contribution < -0.4 is 19.7 Å². The zero-order valence-electron chi connectivity index (χ0n) is 33.6. The monoisotopic (exact) mass is 849 g/mol. The lowest BCUT2D eigenvalue weighted by molar-refractivity contribution is -0.384. The maximum Gasteiger partial charge on any atom is 0.293 e. The highest BCUT2D eigenvalue weighted by Crippen LogP contribution is 2.41. The van der Waals surface area contributed by atoms with Gasteiger partial charge in [0.25, 0.3) is 21.6 Å². The second kappa shape index (κ2) is 17.5. The molecule has 14 nitrogen and oxygen atoms in total. The van der Waals surface area contributed by atoms with Crippen molar-refractivity contribution < 1.29 is 27.6 Å². The lowest BCUT2D eigenvalue weighted by atomic mass is 9.94. The number of pyridine rings is 2. The van der Waals surface area contributed by atoms with Gasteiger partial charge in [-0.05, 0) is 120 Å². The van der Waals surface area contributed by atoms with Crippen LogP contribution in [0.15, 0.2) is 139 Å². The Kier molecular flexibility index (Phi) is 11.4. The van der Waals surface area contributed by atoms with Crippen molar-refractivity contribution in [2.24, 2.45) is 5.92 Å². The molecule has 2 saturated heterocycles. The van der Waals surface area contributed by atoms with Crippen LogP contribution in [0.25, 0.3) is 33.3 Å². The average molecular weight is 850 g/mol. The first-order valence-corrected chi connectivity index (χ1v) is 22.0. The fourth-order valence-electron chi connectivity index (χ4n) is 8.32. The molecule has 4 aromatic carbocycles. The molecule has 3 aromatic heterocycles. The molecule has 0 unspecified atom stereocenters. The quantitative estimate of drug-likeness (QED) is 0.0743. The fourth-order valence-corrected chi connectivity index (χ4v) is 9.31. The fraction of sp³-hybridized carbons (Fsp3) is 0.213. The van der Waals surface area contributed by atoms with Crippen LogP contribution in [0, 0.1) is 16.0 Å². The summed E-state index contributed by atoms with van der Waals surface area (Å²) in [4.78, 5) is 39.0. The van der Waals surface area contributed by atoms with Crippen molar-refractivity contribution in [1.82, 2.24) is 19.7 Å². The number of nitrogens with zero attached hydrogens (tertiary/aromatic N) is 4. The Labute approximate surface area is 358 Å². The first-order chi connectivity index (χ1) is 30.2. The van der Waals surface area contributed by atoms with Crippen LogP contribution in [0.2, 0.25) is 0 Å². The summed E-state index contributed by atoms with van der Waals surface area (Å²) >= 11 is 0. The number of fused-ring (bicyclic) bond motifs is 1. The van der Waals surface area contributed by atoms with Crippen LogP contribution in [0.3, 0.4) is 0 Å². The highest BCUT2D eigenvalue weighted by Gasteiger charge is 2.29. The third kappa shape index (κ3) is 8.58. The first kappa shape index (κ1) is 40.3. The Hall–Kier alpha value is -7.10. The molecule has 1 atom stereocenters. The minimum Gasteiger partial charge on any atom is -0.455 e. The number of nitro groups is 1. The molecule has 62 heavy (non-hydrogen) atoms. The molecule has 314 valence electrons. The topological polar surface area (TPSA) is 182 Å². The Morgan fingerprint density at radius 1 is 0.903 bits per heavy atom. The van der Waals surface area contributed by atoms with Crippen LogP contribution in [-0.4, -0.2) is 60.5 Å². The van der Waals surface area contributed by atoms with Gasteiger partial charge in [0.15, 0.2) is 0 Å². The third-order valence-electron chi connectivity index (χ3n) is 11.6. The Morgan fingerprint density at radius 2 is 1.69 bits per heavy atom. The van der Waals surface area contributed by atoms with E-state index in [4.69, 9.17) is 9.47 Å².